The third-order valence-electron chi connectivity index (χ3n) is 3.90. The van der Waals surface area contributed by atoms with E-state index in [1.165, 1.54) is 12.1 Å². The lowest BCUT2D eigenvalue weighted by molar-refractivity contribution is -0.120. The van der Waals surface area contributed by atoms with Crippen LogP contribution in [0, 0.1) is 5.82 Å². The summed E-state index contributed by atoms with van der Waals surface area (Å²) >= 11 is 0. The van der Waals surface area contributed by atoms with Crippen LogP contribution in [0.2, 0.25) is 0 Å². The lowest BCUT2D eigenvalue weighted by atomic mass is 10.1. The van der Waals surface area contributed by atoms with Crippen molar-refractivity contribution in [1.29, 1.82) is 0 Å². The zero-order chi connectivity index (χ0) is 17.4. The molecule has 24 heavy (non-hydrogen) atoms. The molecule has 5 nitrogen and oxygen atoms in total. The van der Waals surface area contributed by atoms with Crippen molar-refractivity contribution < 1.29 is 13.7 Å². The number of aromatic nitrogens is 1. The summed E-state index contributed by atoms with van der Waals surface area (Å²) in [5, 5.41) is 6.79. The van der Waals surface area contributed by atoms with E-state index in [1.807, 2.05) is 0 Å². The first kappa shape index (κ1) is 18.1. The van der Waals surface area contributed by atoms with Crippen LogP contribution in [0.3, 0.4) is 0 Å². The van der Waals surface area contributed by atoms with Gasteiger partial charge < -0.3 is 14.7 Å². The van der Waals surface area contributed by atoms with E-state index in [1.54, 1.807) is 18.2 Å². The zero-order valence-electron chi connectivity index (χ0n) is 14.2. The van der Waals surface area contributed by atoms with Crippen LogP contribution >= 0.6 is 0 Å². The van der Waals surface area contributed by atoms with Crippen LogP contribution in [0.15, 0.2) is 34.9 Å². The van der Waals surface area contributed by atoms with Crippen LogP contribution in [0.4, 0.5) is 4.39 Å². The second-order valence-corrected chi connectivity index (χ2v) is 5.60. The molecular formula is C18H24FN3O2. The molecule has 0 radical (unpaired) electrons. The number of hydrogen-bond acceptors (Lipinski definition) is 4. The molecule has 0 spiro atoms. The molecule has 0 saturated carbocycles. The number of rotatable bonds is 9. The van der Waals surface area contributed by atoms with E-state index < -0.39 is 0 Å². The van der Waals surface area contributed by atoms with Gasteiger partial charge in [0, 0.05) is 18.2 Å². The first-order valence-corrected chi connectivity index (χ1v) is 8.33. The number of hydrogen-bond donors (Lipinski definition) is 1. The summed E-state index contributed by atoms with van der Waals surface area (Å²) in [6, 6.07) is 7.67. The fourth-order valence-electron chi connectivity index (χ4n) is 2.44. The van der Waals surface area contributed by atoms with E-state index in [4.69, 9.17) is 4.52 Å². The van der Waals surface area contributed by atoms with Gasteiger partial charge in [-0.25, -0.2) is 4.39 Å². The van der Waals surface area contributed by atoms with Gasteiger partial charge in [0.1, 0.15) is 5.82 Å². The number of nitrogens with one attached hydrogen (secondary N) is 1. The number of nitrogens with zero attached hydrogens (tertiary/aromatic N) is 2. The molecule has 0 atom stereocenters. The minimum atomic E-state index is -0.303. The molecule has 0 unspecified atom stereocenters. The average molecular weight is 333 g/mol. The molecule has 6 heteroatoms. The van der Waals surface area contributed by atoms with Gasteiger partial charge in [-0.15, -0.1) is 0 Å². The molecule has 0 aliphatic rings. The standard InChI is InChI=1S/C18H24FN3O2/c1-3-22(4-2)11-5-10-20-18(23)13-16-12-17(24-21-16)14-6-8-15(19)9-7-14/h6-9,12H,3-5,10-11,13H2,1-2H3,(H,20,23). The van der Waals surface area contributed by atoms with Crippen molar-refractivity contribution in [3.63, 3.8) is 0 Å². The SMILES string of the molecule is CCN(CC)CCCNC(=O)Cc1cc(-c2ccc(F)cc2)on1. The molecule has 2 aromatic rings. The number of amides is 1. The van der Waals surface area contributed by atoms with E-state index in [2.05, 4.69) is 29.2 Å². The van der Waals surface area contributed by atoms with Crippen LogP contribution in [0.25, 0.3) is 11.3 Å². The van der Waals surface area contributed by atoms with E-state index in [0.717, 1.165) is 31.6 Å². The number of carbonyl (C=O) groups excluding carboxylic acids is 1. The van der Waals surface area contributed by atoms with Gasteiger partial charge in [0.25, 0.3) is 0 Å². The number of halogens is 1. The molecular weight excluding hydrogens is 309 g/mol. The lowest BCUT2D eigenvalue weighted by Gasteiger charge is -2.17. The smallest absolute Gasteiger partial charge is 0.226 e. The largest absolute Gasteiger partial charge is 0.356 e. The molecule has 0 aliphatic carbocycles. The maximum atomic E-state index is 12.9. The summed E-state index contributed by atoms with van der Waals surface area (Å²) in [5.41, 5.74) is 1.30. The molecule has 0 aliphatic heterocycles. The summed E-state index contributed by atoms with van der Waals surface area (Å²) < 4.78 is 18.1. The fourth-order valence-corrected chi connectivity index (χ4v) is 2.44. The first-order valence-electron chi connectivity index (χ1n) is 8.33. The predicted molar refractivity (Wildman–Crippen MR) is 91.0 cm³/mol. The second kappa shape index (κ2) is 9.17. The van der Waals surface area contributed by atoms with Gasteiger partial charge >= 0.3 is 0 Å². The van der Waals surface area contributed by atoms with Gasteiger partial charge in [-0.3, -0.25) is 4.79 Å². The van der Waals surface area contributed by atoms with Crippen molar-refractivity contribution in [3.8, 4) is 11.3 Å². The Kier molecular flexibility index (Phi) is 6.93. The van der Waals surface area contributed by atoms with Gasteiger partial charge in [0.15, 0.2) is 5.76 Å². The van der Waals surface area contributed by atoms with Gasteiger partial charge in [-0.1, -0.05) is 19.0 Å². The monoisotopic (exact) mass is 333 g/mol. The van der Waals surface area contributed by atoms with Crippen LogP contribution in [-0.2, 0) is 11.2 Å². The Morgan fingerprint density at radius 3 is 2.62 bits per heavy atom. The highest BCUT2D eigenvalue weighted by Crippen LogP contribution is 2.20. The molecule has 2 rings (SSSR count). The Morgan fingerprint density at radius 2 is 1.96 bits per heavy atom. The summed E-state index contributed by atoms with van der Waals surface area (Å²) in [4.78, 5) is 14.2. The molecule has 0 bridgehead atoms. The molecule has 0 saturated heterocycles. The molecule has 1 aromatic carbocycles. The van der Waals surface area contributed by atoms with Crippen molar-refractivity contribution in [2.24, 2.45) is 0 Å². The van der Waals surface area contributed by atoms with Crippen molar-refractivity contribution in [3.05, 3.63) is 41.8 Å². The van der Waals surface area contributed by atoms with Gasteiger partial charge in [0.2, 0.25) is 5.91 Å². The van der Waals surface area contributed by atoms with E-state index >= 15 is 0 Å². The third-order valence-corrected chi connectivity index (χ3v) is 3.90. The highest BCUT2D eigenvalue weighted by molar-refractivity contribution is 5.78. The van der Waals surface area contributed by atoms with Crippen LogP contribution in [0.5, 0.6) is 0 Å². The highest BCUT2D eigenvalue weighted by Gasteiger charge is 2.10. The van der Waals surface area contributed by atoms with E-state index in [9.17, 15) is 9.18 Å². The summed E-state index contributed by atoms with van der Waals surface area (Å²) in [6.45, 7) is 7.94. The zero-order valence-corrected chi connectivity index (χ0v) is 14.2. The Balaban J connectivity index is 1.77. The summed E-state index contributed by atoms with van der Waals surface area (Å²) in [7, 11) is 0. The van der Waals surface area contributed by atoms with Crippen LogP contribution < -0.4 is 5.32 Å². The molecule has 130 valence electrons. The topological polar surface area (TPSA) is 58.4 Å². The van der Waals surface area contributed by atoms with E-state index in [-0.39, 0.29) is 18.1 Å². The summed E-state index contributed by atoms with van der Waals surface area (Å²) in [5.74, 6) is 0.149. The molecule has 0 fully saturated rings. The Bertz CT molecular complexity index is 636. The van der Waals surface area contributed by atoms with Crippen molar-refractivity contribution in [1.82, 2.24) is 15.4 Å². The fraction of sp³-hybridized carbons (Fsp3) is 0.444. The van der Waals surface area contributed by atoms with Crippen LogP contribution in [-0.4, -0.2) is 42.1 Å². The van der Waals surface area contributed by atoms with Gasteiger partial charge in [-0.05, 0) is 50.3 Å². The van der Waals surface area contributed by atoms with Crippen LogP contribution in [0.1, 0.15) is 26.0 Å². The minimum Gasteiger partial charge on any atom is -0.356 e. The van der Waals surface area contributed by atoms with Gasteiger partial charge in [0.05, 0.1) is 12.1 Å². The Hall–Kier alpha value is -2.21. The highest BCUT2D eigenvalue weighted by atomic mass is 19.1. The van der Waals surface area contributed by atoms with Gasteiger partial charge in [-0.2, -0.15) is 0 Å². The van der Waals surface area contributed by atoms with Crippen molar-refractivity contribution in [2.45, 2.75) is 26.7 Å². The quantitative estimate of drug-likeness (QED) is 0.717. The number of benzene rings is 1. The number of carbonyl (C=O) groups is 1. The lowest BCUT2D eigenvalue weighted by Crippen LogP contribution is -2.30. The normalized spacial score (nSPS) is 11.0. The Morgan fingerprint density at radius 1 is 1.25 bits per heavy atom. The Labute approximate surface area is 141 Å². The summed E-state index contributed by atoms with van der Waals surface area (Å²) in [6.07, 6.45) is 1.10. The van der Waals surface area contributed by atoms with E-state index in [0.29, 0.717) is 18.0 Å². The van der Waals surface area contributed by atoms with Crippen molar-refractivity contribution >= 4 is 5.91 Å². The molecule has 1 aromatic heterocycles. The maximum Gasteiger partial charge on any atom is 0.226 e. The first-order chi connectivity index (χ1) is 11.6. The second-order valence-electron chi connectivity index (χ2n) is 5.60. The average Bonchev–Trinajstić information content (AvgIpc) is 3.04. The predicted octanol–water partition coefficient (Wildman–Crippen LogP) is 2.87. The molecule has 1 amide bonds. The third kappa shape index (κ3) is 5.45. The minimum absolute atomic E-state index is 0.0755. The maximum absolute atomic E-state index is 12.9. The molecule has 1 heterocycles. The van der Waals surface area contributed by atoms with Crippen molar-refractivity contribution in [2.75, 3.05) is 26.2 Å². The molecule has 1 N–H and O–H groups in total.